The molecule has 1 fully saturated rings. The molecule has 4 nitrogen and oxygen atoms in total. The Hall–Kier alpha value is -0.610. The van der Waals surface area contributed by atoms with Crippen LogP contribution in [0, 0.1) is 0 Å². The maximum Gasteiger partial charge on any atom is 0.239 e. The maximum atomic E-state index is 11.5. The first-order valence-electron chi connectivity index (χ1n) is 5.37. The van der Waals surface area contributed by atoms with Gasteiger partial charge in [-0.2, -0.15) is 0 Å². The summed E-state index contributed by atoms with van der Waals surface area (Å²) in [5, 5.41) is 9.37. The first-order valence-corrected chi connectivity index (χ1v) is 5.37. The van der Waals surface area contributed by atoms with E-state index in [-0.39, 0.29) is 18.1 Å². The molecule has 1 amide bonds. The average molecular weight is 200 g/mol. The van der Waals surface area contributed by atoms with Crippen LogP contribution in [0.5, 0.6) is 0 Å². The highest BCUT2D eigenvalue weighted by Gasteiger charge is 2.25. The van der Waals surface area contributed by atoms with E-state index in [1.54, 1.807) is 4.90 Å². The molecule has 82 valence electrons. The standard InChI is InChI=1S/C10H20N2O2/c1-2-8(13)5-7-12-6-3-4-9(11)10(12)14/h8-9,13H,2-7,11H2,1H3. The van der Waals surface area contributed by atoms with Gasteiger partial charge < -0.3 is 15.7 Å². The SMILES string of the molecule is CCC(O)CCN1CCCC(N)C1=O. The van der Waals surface area contributed by atoms with E-state index in [0.717, 1.165) is 25.8 Å². The molecule has 2 unspecified atom stereocenters. The van der Waals surface area contributed by atoms with Crippen LogP contribution in [-0.4, -0.2) is 41.1 Å². The summed E-state index contributed by atoms with van der Waals surface area (Å²) in [6.07, 6.45) is 2.89. The Morgan fingerprint density at radius 2 is 2.43 bits per heavy atom. The zero-order chi connectivity index (χ0) is 10.6. The van der Waals surface area contributed by atoms with E-state index in [9.17, 15) is 9.90 Å². The summed E-state index contributed by atoms with van der Waals surface area (Å²) < 4.78 is 0. The van der Waals surface area contributed by atoms with Crippen molar-refractivity contribution in [1.82, 2.24) is 4.90 Å². The van der Waals surface area contributed by atoms with Gasteiger partial charge in [0.25, 0.3) is 0 Å². The lowest BCUT2D eigenvalue weighted by Crippen LogP contribution is -2.48. The third-order valence-electron chi connectivity index (χ3n) is 2.78. The predicted octanol–water partition coefficient (Wildman–Crippen LogP) is 0.0971. The van der Waals surface area contributed by atoms with E-state index < -0.39 is 0 Å². The fourth-order valence-electron chi connectivity index (χ4n) is 1.70. The van der Waals surface area contributed by atoms with E-state index in [2.05, 4.69) is 0 Å². The van der Waals surface area contributed by atoms with Crippen LogP contribution in [-0.2, 0) is 4.79 Å². The zero-order valence-corrected chi connectivity index (χ0v) is 8.78. The number of carbonyl (C=O) groups excluding carboxylic acids is 1. The van der Waals surface area contributed by atoms with E-state index >= 15 is 0 Å². The van der Waals surface area contributed by atoms with Crippen LogP contribution in [0.2, 0.25) is 0 Å². The molecule has 0 aromatic carbocycles. The summed E-state index contributed by atoms with van der Waals surface area (Å²) in [4.78, 5) is 13.3. The second-order valence-electron chi connectivity index (χ2n) is 3.92. The van der Waals surface area contributed by atoms with Crippen molar-refractivity contribution < 1.29 is 9.90 Å². The number of nitrogens with two attached hydrogens (primary N) is 1. The fourth-order valence-corrected chi connectivity index (χ4v) is 1.70. The molecule has 0 saturated carbocycles. The molecule has 0 radical (unpaired) electrons. The lowest BCUT2D eigenvalue weighted by molar-refractivity contribution is -0.135. The molecule has 14 heavy (non-hydrogen) atoms. The van der Waals surface area contributed by atoms with Crippen LogP contribution >= 0.6 is 0 Å². The Morgan fingerprint density at radius 1 is 1.71 bits per heavy atom. The molecule has 0 bridgehead atoms. The van der Waals surface area contributed by atoms with Gasteiger partial charge in [0, 0.05) is 13.1 Å². The number of hydrogen-bond acceptors (Lipinski definition) is 3. The fraction of sp³-hybridized carbons (Fsp3) is 0.900. The number of aliphatic hydroxyl groups is 1. The van der Waals surface area contributed by atoms with E-state index in [0.29, 0.717) is 13.0 Å². The van der Waals surface area contributed by atoms with Gasteiger partial charge >= 0.3 is 0 Å². The lowest BCUT2D eigenvalue weighted by Gasteiger charge is -2.30. The average Bonchev–Trinajstić information content (AvgIpc) is 2.20. The first kappa shape index (κ1) is 11.5. The van der Waals surface area contributed by atoms with Crippen molar-refractivity contribution in [2.75, 3.05) is 13.1 Å². The number of aliphatic hydroxyl groups excluding tert-OH is 1. The molecule has 4 heteroatoms. The highest BCUT2D eigenvalue weighted by molar-refractivity contribution is 5.82. The van der Waals surface area contributed by atoms with Gasteiger partial charge in [-0.25, -0.2) is 0 Å². The van der Waals surface area contributed by atoms with Gasteiger partial charge in [0.15, 0.2) is 0 Å². The number of rotatable bonds is 4. The lowest BCUT2D eigenvalue weighted by atomic mass is 10.0. The number of likely N-dealkylation sites (tertiary alicyclic amines) is 1. The number of hydrogen-bond donors (Lipinski definition) is 2. The second-order valence-corrected chi connectivity index (χ2v) is 3.92. The number of carbonyl (C=O) groups is 1. The Kier molecular flexibility index (Phi) is 4.35. The molecule has 0 spiro atoms. The third-order valence-corrected chi connectivity index (χ3v) is 2.78. The van der Waals surface area contributed by atoms with Crippen LogP contribution in [0.15, 0.2) is 0 Å². The van der Waals surface area contributed by atoms with E-state index in [1.165, 1.54) is 0 Å². The molecule has 1 saturated heterocycles. The Balaban J connectivity index is 2.32. The summed E-state index contributed by atoms with van der Waals surface area (Å²) in [7, 11) is 0. The molecule has 0 aliphatic carbocycles. The number of amides is 1. The summed E-state index contributed by atoms with van der Waals surface area (Å²) in [5.41, 5.74) is 5.65. The number of piperidine rings is 1. The van der Waals surface area contributed by atoms with Gasteiger partial charge in [0.05, 0.1) is 12.1 Å². The molecule has 3 N–H and O–H groups in total. The molecule has 0 aromatic rings. The van der Waals surface area contributed by atoms with Crippen molar-refractivity contribution in [2.24, 2.45) is 5.73 Å². The van der Waals surface area contributed by atoms with Gasteiger partial charge in [-0.3, -0.25) is 4.79 Å². The van der Waals surface area contributed by atoms with Crippen molar-refractivity contribution in [1.29, 1.82) is 0 Å². The van der Waals surface area contributed by atoms with Crippen LogP contribution in [0.1, 0.15) is 32.6 Å². The van der Waals surface area contributed by atoms with Gasteiger partial charge in [-0.05, 0) is 25.7 Å². The molecule has 1 aliphatic rings. The Labute approximate surface area is 85.1 Å². The van der Waals surface area contributed by atoms with Crippen molar-refractivity contribution in [3.05, 3.63) is 0 Å². The molecule has 0 aromatic heterocycles. The van der Waals surface area contributed by atoms with Crippen LogP contribution < -0.4 is 5.73 Å². The Bertz CT molecular complexity index is 197. The summed E-state index contributed by atoms with van der Waals surface area (Å²) in [5.74, 6) is 0.0413. The normalized spacial score (nSPS) is 25.2. The van der Waals surface area contributed by atoms with Crippen LogP contribution in [0.3, 0.4) is 0 Å². The van der Waals surface area contributed by atoms with Crippen molar-refractivity contribution in [3.8, 4) is 0 Å². The van der Waals surface area contributed by atoms with Crippen molar-refractivity contribution in [2.45, 2.75) is 44.8 Å². The predicted molar refractivity (Wildman–Crippen MR) is 54.7 cm³/mol. The first-order chi connectivity index (χ1) is 6.65. The van der Waals surface area contributed by atoms with Gasteiger partial charge in [-0.15, -0.1) is 0 Å². The molecule has 2 atom stereocenters. The maximum absolute atomic E-state index is 11.5. The summed E-state index contributed by atoms with van der Waals surface area (Å²) in [6, 6.07) is -0.317. The highest BCUT2D eigenvalue weighted by Crippen LogP contribution is 2.11. The van der Waals surface area contributed by atoms with Gasteiger partial charge in [-0.1, -0.05) is 6.92 Å². The smallest absolute Gasteiger partial charge is 0.239 e. The van der Waals surface area contributed by atoms with Crippen LogP contribution in [0.25, 0.3) is 0 Å². The molecule has 1 aliphatic heterocycles. The summed E-state index contributed by atoms with van der Waals surface area (Å²) in [6.45, 7) is 3.37. The minimum Gasteiger partial charge on any atom is -0.393 e. The van der Waals surface area contributed by atoms with Crippen molar-refractivity contribution >= 4 is 5.91 Å². The molecule has 1 heterocycles. The zero-order valence-electron chi connectivity index (χ0n) is 8.78. The summed E-state index contributed by atoms with van der Waals surface area (Å²) >= 11 is 0. The quantitative estimate of drug-likeness (QED) is 0.676. The Morgan fingerprint density at radius 3 is 3.07 bits per heavy atom. The minimum atomic E-state index is -0.317. The van der Waals surface area contributed by atoms with Gasteiger partial charge in [0.1, 0.15) is 0 Å². The van der Waals surface area contributed by atoms with E-state index in [1.807, 2.05) is 6.92 Å². The van der Waals surface area contributed by atoms with Crippen LogP contribution in [0.4, 0.5) is 0 Å². The second kappa shape index (κ2) is 5.32. The highest BCUT2D eigenvalue weighted by atomic mass is 16.3. The van der Waals surface area contributed by atoms with Crippen molar-refractivity contribution in [3.63, 3.8) is 0 Å². The minimum absolute atomic E-state index is 0.0413. The number of nitrogens with zero attached hydrogens (tertiary/aromatic N) is 1. The third kappa shape index (κ3) is 2.96. The largest absolute Gasteiger partial charge is 0.393 e. The van der Waals surface area contributed by atoms with Gasteiger partial charge in [0.2, 0.25) is 5.91 Å². The topological polar surface area (TPSA) is 66.6 Å². The molecular weight excluding hydrogens is 180 g/mol. The monoisotopic (exact) mass is 200 g/mol. The van der Waals surface area contributed by atoms with E-state index in [4.69, 9.17) is 5.73 Å². The molecule has 1 rings (SSSR count). The molecular formula is C10H20N2O2.